The number of hydrazine groups is 1. The second-order valence-corrected chi connectivity index (χ2v) is 2.81. The lowest BCUT2D eigenvalue weighted by Crippen LogP contribution is -2.31. The van der Waals surface area contributed by atoms with Gasteiger partial charge in [0.05, 0.1) is 5.56 Å². The lowest BCUT2D eigenvalue weighted by molar-refractivity contribution is 0.0953. The van der Waals surface area contributed by atoms with Crippen molar-refractivity contribution in [1.29, 1.82) is 0 Å². The van der Waals surface area contributed by atoms with Gasteiger partial charge in [0.15, 0.2) is 0 Å². The molecule has 0 saturated heterocycles. The van der Waals surface area contributed by atoms with Crippen LogP contribution in [0.3, 0.4) is 0 Å². The molecule has 1 heterocycles. The molecule has 13 heavy (non-hydrogen) atoms. The number of nitrogens with one attached hydrogen (secondary N) is 1. The Hall–Kier alpha value is -1.62. The summed E-state index contributed by atoms with van der Waals surface area (Å²) >= 11 is 0. The molecule has 70 valence electrons. The zero-order valence-electron chi connectivity index (χ0n) is 7.59. The number of nitrogens with two attached hydrogens (primary N) is 2. The van der Waals surface area contributed by atoms with Gasteiger partial charge in [0.2, 0.25) is 0 Å². The van der Waals surface area contributed by atoms with E-state index in [4.69, 9.17) is 11.6 Å². The molecule has 1 aromatic heterocycles. The highest BCUT2D eigenvalue weighted by molar-refractivity contribution is 5.99. The van der Waals surface area contributed by atoms with Gasteiger partial charge in [0, 0.05) is 5.69 Å². The molecule has 0 fully saturated rings. The molecule has 0 aliphatic rings. The maximum atomic E-state index is 11.2. The van der Waals surface area contributed by atoms with Crippen molar-refractivity contribution in [2.24, 2.45) is 5.84 Å². The molecular weight excluding hydrogens is 168 g/mol. The number of aromatic nitrogens is 1. The lowest BCUT2D eigenvalue weighted by Gasteiger charge is -2.07. The van der Waals surface area contributed by atoms with E-state index in [0.717, 1.165) is 11.3 Å². The maximum absolute atomic E-state index is 11.2. The highest BCUT2D eigenvalue weighted by atomic mass is 16.2. The fraction of sp³-hybridized carbons (Fsp3) is 0.250. The number of hydrogen-bond acceptors (Lipinski definition) is 4. The average Bonchev–Trinajstić information content (AvgIpc) is 2.02. The van der Waals surface area contributed by atoms with E-state index in [1.54, 1.807) is 13.0 Å². The Morgan fingerprint density at radius 3 is 2.62 bits per heavy atom. The number of nitrogen functional groups attached to an aromatic ring is 2. The van der Waals surface area contributed by atoms with Gasteiger partial charge in [-0.3, -0.25) is 10.2 Å². The van der Waals surface area contributed by atoms with Crippen LogP contribution in [-0.2, 0) is 0 Å². The minimum absolute atomic E-state index is 0.209. The third-order valence-corrected chi connectivity index (χ3v) is 1.73. The topological polar surface area (TPSA) is 94.0 Å². The summed E-state index contributed by atoms with van der Waals surface area (Å²) in [5, 5.41) is 0. The molecule has 5 nitrogen and oxygen atoms in total. The highest BCUT2D eigenvalue weighted by Gasteiger charge is 2.12. The number of nitrogens with zero attached hydrogens (tertiary/aromatic N) is 1. The Labute approximate surface area is 76.1 Å². The molecule has 1 rings (SSSR count). The first-order valence-corrected chi connectivity index (χ1v) is 3.81. The van der Waals surface area contributed by atoms with Crippen molar-refractivity contribution in [2.75, 3.05) is 5.73 Å². The van der Waals surface area contributed by atoms with Gasteiger partial charge in [-0.2, -0.15) is 0 Å². The zero-order valence-corrected chi connectivity index (χ0v) is 7.59. The van der Waals surface area contributed by atoms with Crippen molar-refractivity contribution < 1.29 is 4.79 Å². The molecule has 5 N–H and O–H groups in total. The molecule has 0 spiro atoms. The summed E-state index contributed by atoms with van der Waals surface area (Å²) < 4.78 is 0. The summed E-state index contributed by atoms with van der Waals surface area (Å²) in [5.41, 5.74) is 9.49. The average molecular weight is 180 g/mol. The van der Waals surface area contributed by atoms with Gasteiger partial charge in [0.1, 0.15) is 5.82 Å². The summed E-state index contributed by atoms with van der Waals surface area (Å²) in [6.45, 7) is 3.60. The van der Waals surface area contributed by atoms with Gasteiger partial charge in [-0.05, 0) is 25.5 Å². The maximum Gasteiger partial charge on any atom is 0.269 e. The van der Waals surface area contributed by atoms with E-state index < -0.39 is 5.91 Å². The summed E-state index contributed by atoms with van der Waals surface area (Å²) in [7, 11) is 0. The van der Waals surface area contributed by atoms with Gasteiger partial charge < -0.3 is 5.73 Å². The molecule has 0 aliphatic heterocycles. The minimum atomic E-state index is -0.414. The van der Waals surface area contributed by atoms with E-state index in [2.05, 4.69) is 4.98 Å². The zero-order chi connectivity index (χ0) is 10.0. The molecule has 5 heteroatoms. The van der Waals surface area contributed by atoms with Crippen LogP contribution in [0.1, 0.15) is 21.6 Å². The van der Waals surface area contributed by atoms with Gasteiger partial charge in [0.25, 0.3) is 5.91 Å². The second-order valence-electron chi connectivity index (χ2n) is 2.81. The number of aryl methyl sites for hydroxylation is 2. The summed E-state index contributed by atoms with van der Waals surface area (Å²) in [5.74, 6) is 4.79. The predicted molar refractivity (Wildman–Crippen MR) is 49.8 cm³/mol. The minimum Gasteiger partial charge on any atom is -0.383 e. The van der Waals surface area contributed by atoms with E-state index in [0.29, 0.717) is 5.56 Å². The molecule has 0 atom stereocenters. The van der Waals surface area contributed by atoms with E-state index >= 15 is 0 Å². The summed E-state index contributed by atoms with van der Waals surface area (Å²) in [4.78, 5) is 15.2. The van der Waals surface area contributed by atoms with Crippen LogP contribution >= 0.6 is 0 Å². The highest BCUT2D eigenvalue weighted by Crippen LogP contribution is 2.14. The van der Waals surface area contributed by atoms with Crippen LogP contribution in [0, 0.1) is 13.8 Å². The normalized spacial score (nSPS) is 9.77. The van der Waals surface area contributed by atoms with E-state index in [1.807, 2.05) is 12.3 Å². The summed E-state index contributed by atoms with van der Waals surface area (Å²) in [6.07, 6.45) is 0. The van der Waals surface area contributed by atoms with Crippen molar-refractivity contribution in [3.05, 3.63) is 22.9 Å². The van der Waals surface area contributed by atoms with Gasteiger partial charge in [-0.15, -0.1) is 0 Å². The lowest BCUT2D eigenvalue weighted by atomic mass is 10.1. The Kier molecular flexibility index (Phi) is 2.48. The first-order valence-electron chi connectivity index (χ1n) is 3.81. The number of amides is 1. The summed E-state index contributed by atoms with van der Waals surface area (Å²) in [6, 6.07) is 1.78. The molecular formula is C8H12N4O. The predicted octanol–water partition coefficient (Wildman–Crippen LogP) is -0.116. The fourth-order valence-electron chi connectivity index (χ4n) is 1.23. The number of carbonyl (C=O) groups is 1. The number of carbonyl (C=O) groups excluding carboxylic acids is 1. The Bertz CT molecular complexity index is 325. The van der Waals surface area contributed by atoms with Crippen molar-refractivity contribution in [3.8, 4) is 0 Å². The Morgan fingerprint density at radius 2 is 2.15 bits per heavy atom. The SMILES string of the molecule is Cc1cc(C)c(C(=O)NN)c(N)n1. The largest absolute Gasteiger partial charge is 0.383 e. The molecule has 0 saturated carbocycles. The second kappa shape index (κ2) is 3.40. The molecule has 0 unspecified atom stereocenters. The van der Waals surface area contributed by atoms with Gasteiger partial charge in [-0.25, -0.2) is 10.8 Å². The van der Waals surface area contributed by atoms with Crippen LogP contribution in [0.2, 0.25) is 0 Å². The quantitative estimate of drug-likeness (QED) is 0.319. The van der Waals surface area contributed by atoms with Gasteiger partial charge >= 0.3 is 0 Å². The van der Waals surface area contributed by atoms with Crippen LogP contribution < -0.4 is 17.0 Å². The molecule has 0 aliphatic carbocycles. The molecule has 0 bridgehead atoms. The number of rotatable bonds is 1. The van der Waals surface area contributed by atoms with E-state index in [9.17, 15) is 4.79 Å². The third kappa shape index (κ3) is 1.75. The number of hydrogen-bond donors (Lipinski definition) is 3. The van der Waals surface area contributed by atoms with Crippen molar-refractivity contribution in [3.63, 3.8) is 0 Å². The first kappa shape index (κ1) is 9.47. The molecule has 1 amide bonds. The van der Waals surface area contributed by atoms with Crippen LogP contribution in [-0.4, -0.2) is 10.9 Å². The van der Waals surface area contributed by atoms with Gasteiger partial charge in [-0.1, -0.05) is 0 Å². The number of pyridine rings is 1. The molecule has 0 aromatic carbocycles. The third-order valence-electron chi connectivity index (χ3n) is 1.73. The van der Waals surface area contributed by atoms with Crippen LogP contribution in [0.4, 0.5) is 5.82 Å². The van der Waals surface area contributed by atoms with Crippen LogP contribution in [0.5, 0.6) is 0 Å². The number of anilines is 1. The first-order chi connectivity index (χ1) is 6.06. The van der Waals surface area contributed by atoms with E-state index in [1.165, 1.54) is 0 Å². The fourth-order valence-corrected chi connectivity index (χ4v) is 1.23. The molecule has 0 radical (unpaired) electrons. The standard InChI is InChI=1S/C8H12N4O/c1-4-3-5(2)11-7(9)6(4)8(13)12-10/h3H,10H2,1-2H3,(H2,9,11)(H,12,13). The van der Waals surface area contributed by atoms with Crippen molar-refractivity contribution in [1.82, 2.24) is 10.4 Å². The Balaban J connectivity index is 3.28. The van der Waals surface area contributed by atoms with Crippen LogP contribution in [0.15, 0.2) is 6.07 Å². The van der Waals surface area contributed by atoms with Crippen LogP contribution in [0.25, 0.3) is 0 Å². The molecule has 1 aromatic rings. The smallest absolute Gasteiger partial charge is 0.269 e. The monoisotopic (exact) mass is 180 g/mol. The Morgan fingerprint density at radius 1 is 1.54 bits per heavy atom. The van der Waals surface area contributed by atoms with Crippen molar-refractivity contribution >= 4 is 11.7 Å². The van der Waals surface area contributed by atoms with Crippen molar-refractivity contribution in [2.45, 2.75) is 13.8 Å². The van der Waals surface area contributed by atoms with E-state index in [-0.39, 0.29) is 5.82 Å².